The monoisotopic (exact) mass is 264 g/mol. The molecule has 1 aromatic rings. The van der Waals surface area contributed by atoms with Crippen LogP contribution in [-0.2, 0) is 9.53 Å². The van der Waals surface area contributed by atoms with E-state index in [9.17, 15) is 9.59 Å². The Morgan fingerprint density at radius 2 is 2.32 bits per heavy atom. The van der Waals surface area contributed by atoms with Gasteiger partial charge in [0.1, 0.15) is 0 Å². The summed E-state index contributed by atoms with van der Waals surface area (Å²) < 4.78 is 10.2. The highest BCUT2D eigenvalue weighted by Crippen LogP contribution is 2.22. The van der Waals surface area contributed by atoms with Crippen LogP contribution >= 0.6 is 0 Å². The van der Waals surface area contributed by atoms with Crippen LogP contribution in [0.5, 0.6) is 0 Å². The highest BCUT2D eigenvalue weighted by Gasteiger charge is 2.20. The topological polar surface area (TPSA) is 72.6 Å². The number of ether oxygens (including phenoxy) is 1. The smallest absolute Gasteiger partial charge is 0.375 e. The molecule has 0 atom stereocenters. The van der Waals surface area contributed by atoms with Crippen molar-refractivity contribution in [2.75, 3.05) is 19.7 Å². The molecule has 0 saturated heterocycles. The number of oxazole rings is 1. The molecular formula is C13H16N2O4. The van der Waals surface area contributed by atoms with Crippen molar-refractivity contribution in [1.29, 1.82) is 0 Å². The van der Waals surface area contributed by atoms with E-state index in [2.05, 4.69) is 4.98 Å². The fourth-order valence-electron chi connectivity index (χ4n) is 1.87. The van der Waals surface area contributed by atoms with Crippen molar-refractivity contribution >= 4 is 17.4 Å². The SMILES string of the molecule is CCOC(=O)c1cnc(C2=CCN(C(C)=O)CC2)o1. The van der Waals surface area contributed by atoms with E-state index in [4.69, 9.17) is 9.15 Å². The lowest BCUT2D eigenvalue weighted by atomic mass is 10.1. The lowest BCUT2D eigenvalue weighted by Gasteiger charge is -2.24. The quantitative estimate of drug-likeness (QED) is 0.773. The predicted octanol–water partition coefficient (Wildman–Crippen LogP) is 1.49. The van der Waals surface area contributed by atoms with Crippen LogP contribution in [0.3, 0.4) is 0 Å². The summed E-state index contributed by atoms with van der Waals surface area (Å²) in [4.78, 5) is 28.5. The Bertz CT molecular complexity index is 518. The zero-order valence-electron chi connectivity index (χ0n) is 11.0. The minimum Gasteiger partial charge on any atom is -0.460 e. The molecule has 2 heterocycles. The van der Waals surface area contributed by atoms with Crippen LogP contribution in [0.2, 0.25) is 0 Å². The third kappa shape index (κ3) is 3.01. The Morgan fingerprint density at radius 3 is 2.89 bits per heavy atom. The Kier molecular flexibility index (Phi) is 3.99. The number of hydrogen-bond donors (Lipinski definition) is 0. The van der Waals surface area contributed by atoms with Crippen molar-refractivity contribution in [2.45, 2.75) is 20.3 Å². The molecule has 6 nitrogen and oxygen atoms in total. The first-order valence-electron chi connectivity index (χ1n) is 6.19. The Hall–Kier alpha value is -2.11. The number of carbonyl (C=O) groups is 2. The first kappa shape index (κ1) is 13.3. The van der Waals surface area contributed by atoms with E-state index >= 15 is 0 Å². The number of nitrogens with zero attached hydrogens (tertiary/aromatic N) is 2. The second kappa shape index (κ2) is 5.69. The number of esters is 1. The molecule has 0 bridgehead atoms. The maximum absolute atomic E-state index is 11.5. The molecule has 0 spiro atoms. The average molecular weight is 264 g/mol. The van der Waals surface area contributed by atoms with Gasteiger partial charge >= 0.3 is 5.97 Å². The lowest BCUT2D eigenvalue weighted by molar-refractivity contribution is -0.128. The van der Waals surface area contributed by atoms with Gasteiger partial charge in [-0.05, 0) is 13.3 Å². The molecule has 2 rings (SSSR count). The Morgan fingerprint density at radius 1 is 1.53 bits per heavy atom. The van der Waals surface area contributed by atoms with Crippen molar-refractivity contribution in [3.05, 3.63) is 23.9 Å². The zero-order valence-corrected chi connectivity index (χ0v) is 11.0. The molecule has 0 saturated carbocycles. The summed E-state index contributed by atoms with van der Waals surface area (Å²) in [5.74, 6) is 0.0657. The van der Waals surface area contributed by atoms with Crippen LogP contribution in [0.4, 0.5) is 0 Å². The number of amides is 1. The van der Waals surface area contributed by atoms with Crippen LogP contribution in [0.1, 0.15) is 36.7 Å². The molecule has 102 valence electrons. The van der Waals surface area contributed by atoms with E-state index in [0.717, 1.165) is 5.57 Å². The van der Waals surface area contributed by atoms with Gasteiger partial charge in [0.05, 0.1) is 12.8 Å². The number of rotatable bonds is 3. The Labute approximate surface area is 111 Å². The summed E-state index contributed by atoms with van der Waals surface area (Å²) in [7, 11) is 0. The van der Waals surface area contributed by atoms with Crippen molar-refractivity contribution < 1.29 is 18.7 Å². The molecule has 0 aliphatic carbocycles. The Balaban J connectivity index is 2.07. The van der Waals surface area contributed by atoms with Crippen molar-refractivity contribution in [3.63, 3.8) is 0 Å². The van der Waals surface area contributed by atoms with Crippen molar-refractivity contribution in [3.8, 4) is 0 Å². The largest absolute Gasteiger partial charge is 0.460 e. The van der Waals surface area contributed by atoms with E-state index in [1.54, 1.807) is 18.7 Å². The maximum Gasteiger partial charge on any atom is 0.375 e. The van der Waals surface area contributed by atoms with E-state index in [1.165, 1.54) is 6.20 Å². The normalized spacial score (nSPS) is 15.1. The number of hydrogen-bond acceptors (Lipinski definition) is 5. The summed E-state index contributed by atoms with van der Waals surface area (Å²) in [5, 5.41) is 0. The van der Waals surface area contributed by atoms with E-state index in [-0.39, 0.29) is 11.7 Å². The van der Waals surface area contributed by atoms with Gasteiger partial charge in [0.2, 0.25) is 17.6 Å². The van der Waals surface area contributed by atoms with E-state index in [0.29, 0.717) is 32.0 Å². The third-order valence-corrected chi connectivity index (χ3v) is 2.91. The highest BCUT2D eigenvalue weighted by molar-refractivity contribution is 5.86. The van der Waals surface area contributed by atoms with Gasteiger partial charge < -0.3 is 14.1 Å². The summed E-state index contributed by atoms with van der Waals surface area (Å²) in [6.45, 7) is 4.75. The van der Waals surface area contributed by atoms with Gasteiger partial charge in [-0.1, -0.05) is 6.08 Å². The van der Waals surface area contributed by atoms with Gasteiger partial charge in [-0.2, -0.15) is 0 Å². The van der Waals surface area contributed by atoms with Gasteiger partial charge in [0.15, 0.2) is 0 Å². The highest BCUT2D eigenvalue weighted by atomic mass is 16.5. The van der Waals surface area contributed by atoms with Crippen molar-refractivity contribution in [1.82, 2.24) is 9.88 Å². The van der Waals surface area contributed by atoms with Crippen LogP contribution in [0.15, 0.2) is 16.7 Å². The molecular weight excluding hydrogens is 248 g/mol. The molecule has 0 fully saturated rings. The molecule has 1 amide bonds. The van der Waals surface area contributed by atoms with Gasteiger partial charge in [-0.15, -0.1) is 0 Å². The van der Waals surface area contributed by atoms with Crippen LogP contribution in [-0.4, -0.2) is 41.5 Å². The van der Waals surface area contributed by atoms with Crippen LogP contribution < -0.4 is 0 Å². The minimum absolute atomic E-state index is 0.0508. The molecule has 0 unspecified atom stereocenters. The fraction of sp³-hybridized carbons (Fsp3) is 0.462. The summed E-state index contributed by atoms with van der Waals surface area (Å²) in [6, 6.07) is 0. The maximum atomic E-state index is 11.5. The molecule has 19 heavy (non-hydrogen) atoms. The van der Waals surface area contributed by atoms with Gasteiger partial charge in [-0.3, -0.25) is 4.79 Å². The predicted molar refractivity (Wildman–Crippen MR) is 67.3 cm³/mol. The third-order valence-electron chi connectivity index (χ3n) is 2.91. The minimum atomic E-state index is -0.511. The first-order chi connectivity index (χ1) is 9.11. The fourth-order valence-corrected chi connectivity index (χ4v) is 1.87. The number of carbonyl (C=O) groups excluding carboxylic acids is 2. The van der Waals surface area contributed by atoms with E-state index < -0.39 is 5.97 Å². The van der Waals surface area contributed by atoms with Crippen LogP contribution in [0, 0.1) is 0 Å². The molecule has 1 aromatic heterocycles. The molecule has 0 N–H and O–H groups in total. The first-order valence-corrected chi connectivity index (χ1v) is 6.19. The number of aromatic nitrogens is 1. The van der Waals surface area contributed by atoms with Crippen molar-refractivity contribution in [2.24, 2.45) is 0 Å². The molecule has 0 radical (unpaired) electrons. The molecule has 0 aromatic carbocycles. The lowest BCUT2D eigenvalue weighted by Crippen LogP contribution is -2.32. The second-order valence-corrected chi connectivity index (χ2v) is 4.19. The summed E-state index contributed by atoms with van der Waals surface area (Å²) >= 11 is 0. The van der Waals surface area contributed by atoms with Gasteiger partial charge in [0.25, 0.3) is 0 Å². The van der Waals surface area contributed by atoms with Gasteiger partial charge in [-0.25, -0.2) is 9.78 Å². The van der Waals surface area contributed by atoms with E-state index in [1.807, 2.05) is 6.08 Å². The summed E-state index contributed by atoms with van der Waals surface area (Å²) in [6.07, 6.45) is 3.93. The second-order valence-electron chi connectivity index (χ2n) is 4.19. The van der Waals surface area contributed by atoms with Crippen LogP contribution in [0.25, 0.3) is 5.57 Å². The zero-order chi connectivity index (χ0) is 13.8. The van der Waals surface area contributed by atoms with Gasteiger partial charge in [0, 0.05) is 25.6 Å². The molecule has 6 heteroatoms. The summed E-state index contributed by atoms with van der Waals surface area (Å²) in [5.41, 5.74) is 0.910. The molecule has 1 aliphatic heterocycles. The molecule has 1 aliphatic rings. The standard InChI is InChI=1S/C13H16N2O4/c1-3-18-13(17)11-8-14-12(19-11)10-4-6-15(7-5-10)9(2)16/h4,8H,3,5-7H2,1-2H3. The average Bonchev–Trinajstić information content (AvgIpc) is 2.89.